The van der Waals surface area contributed by atoms with Gasteiger partial charge in [0.1, 0.15) is 0 Å². The van der Waals surface area contributed by atoms with E-state index in [0.29, 0.717) is 6.42 Å². The van der Waals surface area contributed by atoms with Crippen LogP contribution in [0.15, 0.2) is 30.3 Å². The average molecular weight is 261 g/mol. The zero-order valence-corrected chi connectivity index (χ0v) is 11.1. The minimum atomic E-state index is -0.864. The molecule has 0 heterocycles. The molecule has 19 heavy (non-hydrogen) atoms. The molecule has 1 fully saturated rings. The minimum Gasteiger partial charge on any atom is -0.481 e. The van der Waals surface area contributed by atoms with Gasteiger partial charge in [-0.15, -0.1) is 0 Å². The SMILES string of the molecule is CN(C(=O)C1CC1)[C@H](CC(=O)O)Cc1ccccc1. The predicted octanol–water partition coefficient (Wildman–Crippen LogP) is 1.94. The van der Waals surface area contributed by atoms with Gasteiger partial charge in [0.2, 0.25) is 5.91 Å². The highest BCUT2D eigenvalue weighted by Gasteiger charge is 2.35. The second-order valence-electron chi connectivity index (χ2n) is 5.16. The summed E-state index contributed by atoms with van der Waals surface area (Å²) in [4.78, 5) is 24.6. The van der Waals surface area contributed by atoms with E-state index in [1.165, 1.54) is 0 Å². The maximum Gasteiger partial charge on any atom is 0.305 e. The zero-order valence-electron chi connectivity index (χ0n) is 11.1. The minimum absolute atomic E-state index is 0.0101. The fraction of sp³-hybridized carbons (Fsp3) is 0.467. The van der Waals surface area contributed by atoms with E-state index in [2.05, 4.69) is 0 Å². The third kappa shape index (κ3) is 3.81. The molecule has 0 unspecified atom stereocenters. The average Bonchev–Trinajstić information content (AvgIpc) is 3.21. The summed E-state index contributed by atoms with van der Waals surface area (Å²) in [6.07, 6.45) is 2.45. The van der Waals surface area contributed by atoms with Gasteiger partial charge < -0.3 is 10.0 Å². The highest BCUT2D eigenvalue weighted by molar-refractivity contribution is 5.81. The molecule has 0 spiro atoms. The van der Waals surface area contributed by atoms with Crippen molar-refractivity contribution >= 4 is 11.9 Å². The Labute approximate surface area is 113 Å². The molecule has 1 saturated carbocycles. The number of carbonyl (C=O) groups is 2. The van der Waals surface area contributed by atoms with E-state index >= 15 is 0 Å². The van der Waals surface area contributed by atoms with Crippen LogP contribution in [0.5, 0.6) is 0 Å². The molecule has 0 aliphatic heterocycles. The Hall–Kier alpha value is -1.84. The van der Waals surface area contributed by atoms with E-state index in [1.54, 1.807) is 11.9 Å². The molecule has 1 N–H and O–H groups in total. The van der Waals surface area contributed by atoms with Gasteiger partial charge >= 0.3 is 5.97 Å². The van der Waals surface area contributed by atoms with Gasteiger partial charge in [0.15, 0.2) is 0 Å². The van der Waals surface area contributed by atoms with Crippen molar-refractivity contribution in [2.24, 2.45) is 5.92 Å². The van der Waals surface area contributed by atoms with Crippen LogP contribution in [0, 0.1) is 5.92 Å². The fourth-order valence-electron chi connectivity index (χ4n) is 2.23. The van der Waals surface area contributed by atoms with Crippen molar-refractivity contribution in [3.05, 3.63) is 35.9 Å². The van der Waals surface area contributed by atoms with Gasteiger partial charge in [-0.05, 0) is 24.8 Å². The number of amides is 1. The molecule has 1 aliphatic carbocycles. The molecular formula is C15H19NO3. The fourth-order valence-corrected chi connectivity index (χ4v) is 2.23. The quantitative estimate of drug-likeness (QED) is 0.851. The first-order valence-corrected chi connectivity index (χ1v) is 6.60. The van der Waals surface area contributed by atoms with Crippen molar-refractivity contribution in [1.82, 2.24) is 4.90 Å². The zero-order chi connectivity index (χ0) is 13.8. The van der Waals surface area contributed by atoms with Crippen LogP contribution in [0.4, 0.5) is 0 Å². The van der Waals surface area contributed by atoms with Crippen LogP contribution in [-0.2, 0) is 16.0 Å². The summed E-state index contributed by atoms with van der Waals surface area (Å²) in [5.41, 5.74) is 1.06. The first kappa shape index (κ1) is 13.6. The summed E-state index contributed by atoms with van der Waals surface area (Å²) in [5.74, 6) is -0.657. The number of carboxylic acids is 1. The van der Waals surface area contributed by atoms with E-state index in [-0.39, 0.29) is 24.3 Å². The Morgan fingerprint density at radius 1 is 1.32 bits per heavy atom. The number of hydrogen-bond acceptors (Lipinski definition) is 2. The van der Waals surface area contributed by atoms with Crippen LogP contribution in [-0.4, -0.2) is 35.0 Å². The van der Waals surface area contributed by atoms with Crippen molar-refractivity contribution in [3.8, 4) is 0 Å². The third-order valence-corrected chi connectivity index (χ3v) is 3.55. The van der Waals surface area contributed by atoms with Crippen LogP contribution in [0.3, 0.4) is 0 Å². The van der Waals surface area contributed by atoms with Crippen molar-refractivity contribution in [1.29, 1.82) is 0 Å². The van der Waals surface area contributed by atoms with Gasteiger partial charge in [-0.2, -0.15) is 0 Å². The smallest absolute Gasteiger partial charge is 0.305 e. The van der Waals surface area contributed by atoms with E-state index in [0.717, 1.165) is 18.4 Å². The molecule has 1 aromatic rings. The number of carbonyl (C=O) groups excluding carboxylic acids is 1. The summed E-state index contributed by atoms with van der Waals surface area (Å²) in [6, 6.07) is 9.43. The van der Waals surface area contributed by atoms with Crippen LogP contribution in [0.2, 0.25) is 0 Å². The number of likely N-dealkylation sites (N-methyl/N-ethyl adjacent to an activating group) is 1. The van der Waals surface area contributed by atoms with E-state index in [1.807, 2.05) is 30.3 Å². The molecular weight excluding hydrogens is 242 g/mol. The van der Waals surface area contributed by atoms with Gasteiger partial charge in [0.25, 0.3) is 0 Å². The lowest BCUT2D eigenvalue weighted by Gasteiger charge is -2.27. The molecule has 1 atom stereocenters. The Morgan fingerprint density at radius 3 is 2.47 bits per heavy atom. The van der Waals surface area contributed by atoms with E-state index in [4.69, 9.17) is 5.11 Å². The molecule has 4 nitrogen and oxygen atoms in total. The van der Waals surface area contributed by atoms with Crippen LogP contribution >= 0.6 is 0 Å². The van der Waals surface area contributed by atoms with Crippen molar-refractivity contribution in [2.45, 2.75) is 31.7 Å². The third-order valence-electron chi connectivity index (χ3n) is 3.55. The summed E-state index contributed by atoms with van der Waals surface area (Å²) in [5, 5.41) is 9.01. The summed E-state index contributed by atoms with van der Waals surface area (Å²) in [7, 11) is 1.72. The second-order valence-corrected chi connectivity index (χ2v) is 5.16. The Balaban J connectivity index is 2.06. The first-order chi connectivity index (χ1) is 9.08. The van der Waals surface area contributed by atoms with Crippen LogP contribution < -0.4 is 0 Å². The molecule has 0 saturated heterocycles. The molecule has 1 amide bonds. The van der Waals surface area contributed by atoms with Crippen LogP contribution in [0.25, 0.3) is 0 Å². The molecule has 4 heteroatoms. The Kier molecular flexibility index (Phi) is 4.20. The number of nitrogens with zero attached hydrogens (tertiary/aromatic N) is 1. The van der Waals surface area contributed by atoms with Crippen molar-refractivity contribution in [3.63, 3.8) is 0 Å². The standard InChI is InChI=1S/C15H19NO3/c1-16(15(19)12-7-8-12)13(10-14(17)18)9-11-5-3-2-4-6-11/h2-6,12-13H,7-10H2,1H3,(H,17,18)/t13-/m0/s1. The predicted molar refractivity (Wildman–Crippen MR) is 71.7 cm³/mol. The monoisotopic (exact) mass is 261 g/mol. The van der Waals surface area contributed by atoms with Crippen molar-refractivity contribution in [2.75, 3.05) is 7.05 Å². The largest absolute Gasteiger partial charge is 0.481 e. The summed E-state index contributed by atoms with van der Waals surface area (Å²) in [6.45, 7) is 0. The molecule has 0 bridgehead atoms. The van der Waals surface area contributed by atoms with Gasteiger partial charge in [-0.1, -0.05) is 30.3 Å². The van der Waals surface area contributed by atoms with Gasteiger partial charge in [-0.25, -0.2) is 0 Å². The number of hydrogen-bond donors (Lipinski definition) is 1. The molecule has 0 radical (unpaired) electrons. The first-order valence-electron chi connectivity index (χ1n) is 6.60. The highest BCUT2D eigenvalue weighted by Crippen LogP contribution is 2.31. The molecule has 2 rings (SSSR count). The van der Waals surface area contributed by atoms with Gasteiger partial charge in [-0.3, -0.25) is 9.59 Å². The maximum atomic E-state index is 12.1. The second kappa shape index (κ2) is 5.87. The number of aliphatic carboxylic acids is 1. The molecule has 1 aliphatic rings. The Morgan fingerprint density at radius 2 is 1.95 bits per heavy atom. The summed E-state index contributed by atoms with van der Waals surface area (Å²) >= 11 is 0. The lowest BCUT2D eigenvalue weighted by atomic mass is 10.0. The lowest BCUT2D eigenvalue weighted by Crippen LogP contribution is -2.40. The van der Waals surface area contributed by atoms with Gasteiger partial charge in [0.05, 0.1) is 6.42 Å². The van der Waals surface area contributed by atoms with E-state index < -0.39 is 5.97 Å². The molecule has 1 aromatic carbocycles. The molecule has 0 aromatic heterocycles. The Bertz CT molecular complexity index is 454. The lowest BCUT2D eigenvalue weighted by molar-refractivity contribution is -0.140. The maximum absolute atomic E-state index is 12.1. The van der Waals surface area contributed by atoms with Crippen LogP contribution in [0.1, 0.15) is 24.8 Å². The summed E-state index contributed by atoms with van der Waals surface area (Å²) < 4.78 is 0. The van der Waals surface area contributed by atoms with Crippen molar-refractivity contribution < 1.29 is 14.7 Å². The number of benzene rings is 1. The topological polar surface area (TPSA) is 57.6 Å². The number of carboxylic acid groups (broad SMARTS) is 1. The van der Waals surface area contributed by atoms with Gasteiger partial charge in [0, 0.05) is 19.0 Å². The number of rotatable bonds is 6. The highest BCUT2D eigenvalue weighted by atomic mass is 16.4. The normalized spacial score (nSPS) is 15.8. The van der Waals surface area contributed by atoms with E-state index in [9.17, 15) is 9.59 Å². The molecule has 102 valence electrons.